The minimum absolute atomic E-state index is 0.189. The van der Waals surface area contributed by atoms with E-state index in [1.165, 1.54) is 4.88 Å². The van der Waals surface area contributed by atoms with Gasteiger partial charge < -0.3 is 9.88 Å². The van der Waals surface area contributed by atoms with Crippen molar-refractivity contribution in [3.8, 4) is 0 Å². The molecule has 1 unspecified atom stereocenters. The van der Waals surface area contributed by atoms with Crippen LogP contribution < -0.4 is 5.32 Å². The van der Waals surface area contributed by atoms with E-state index in [9.17, 15) is 0 Å². The lowest BCUT2D eigenvalue weighted by Gasteiger charge is -2.16. The van der Waals surface area contributed by atoms with E-state index in [0.29, 0.717) is 6.04 Å². The molecule has 0 aromatic carbocycles. The maximum absolute atomic E-state index is 4.39. The molecular weight excluding hydrogens is 232 g/mol. The fourth-order valence-corrected chi connectivity index (χ4v) is 2.45. The van der Waals surface area contributed by atoms with Crippen molar-refractivity contribution in [3.05, 3.63) is 28.5 Å². The topological polar surface area (TPSA) is 42.7 Å². The van der Waals surface area contributed by atoms with Gasteiger partial charge in [0.25, 0.3) is 0 Å². The zero-order valence-electron chi connectivity index (χ0n) is 10.6. The molecule has 0 radical (unpaired) electrons. The van der Waals surface area contributed by atoms with E-state index >= 15 is 0 Å². The average Bonchev–Trinajstić information content (AvgIpc) is 2.86. The number of anilines is 1. The molecule has 0 aliphatic carbocycles. The molecule has 1 N–H and O–H groups in total. The lowest BCUT2D eigenvalue weighted by Crippen LogP contribution is -2.12. The van der Waals surface area contributed by atoms with Gasteiger partial charge in [-0.05, 0) is 27.7 Å². The summed E-state index contributed by atoms with van der Waals surface area (Å²) in [7, 11) is 0. The van der Waals surface area contributed by atoms with Crippen molar-refractivity contribution in [2.75, 3.05) is 5.32 Å². The minimum Gasteiger partial charge on any atom is -0.347 e. The largest absolute Gasteiger partial charge is 0.347 e. The lowest BCUT2D eigenvalue weighted by atomic mass is 10.3. The molecule has 17 heavy (non-hydrogen) atoms. The summed E-state index contributed by atoms with van der Waals surface area (Å²) in [5.41, 5.74) is 0. The fourth-order valence-electron chi connectivity index (χ4n) is 1.67. The predicted octanol–water partition coefficient (Wildman–Crippen LogP) is 3.40. The summed E-state index contributed by atoms with van der Waals surface area (Å²) in [4.78, 5) is 9.97. The van der Waals surface area contributed by atoms with Crippen LogP contribution in [0.25, 0.3) is 0 Å². The van der Waals surface area contributed by atoms with Gasteiger partial charge in [0, 0.05) is 29.5 Å². The number of aromatic nitrogens is 3. The highest BCUT2D eigenvalue weighted by Crippen LogP contribution is 2.23. The Bertz CT molecular complexity index is 486. The van der Waals surface area contributed by atoms with E-state index in [2.05, 4.69) is 47.5 Å². The van der Waals surface area contributed by atoms with Crippen LogP contribution >= 0.6 is 11.3 Å². The summed E-state index contributed by atoms with van der Waals surface area (Å²) in [5.74, 6) is 0.903. The molecule has 0 amide bonds. The average molecular weight is 250 g/mol. The van der Waals surface area contributed by atoms with Crippen molar-refractivity contribution in [3.63, 3.8) is 0 Å². The SMILES string of the molecule is Cc1cnc(C(C)Nc2nccn2C(C)C)s1. The van der Waals surface area contributed by atoms with Gasteiger partial charge in [0.1, 0.15) is 5.01 Å². The van der Waals surface area contributed by atoms with E-state index in [-0.39, 0.29) is 6.04 Å². The molecule has 1 atom stereocenters. The van der Waals surface area contributed by atoms with Gasteiger partial charge >= 0.3 is 0 Å². The summed E-state index contributed by atoms with van der Waals surface area (Å²) >= 11 is 1.72. The van der Waals surface area contributed by atoms with Crippen molar-refractivity contribution in [1.29, 1.82) is 0 Å². The predicted molar refractivity (Wildman–Crippen MR) is 71.5 cm³/mol. The van der Waals surface area contributed by atoms with Gasteiger partial charge in [-0.15, -0.1) is 11.3 Å². The third-order valence-corrected chi connectivity index (χ3v) is 3.68. The molecule has 0 bridgehead atoms. The van der Waals surface area contributed by atoms with Crippen LogP contribution in [0.15, 0.2) is 18.6 Å². The Morgan fingerprint density at radius 2 is 2.06 bits per heavy atom. The number of hydrogen-bond donors (Lipinski definition) is 1. The van der Waals surface area contributed by atoms with Crippen LogP contribution in [0.2, 0.25) is 0 Å². The molecule has 92 valence electrons. The number of nitrogens with one attached hydrogen (secondary N) is 1. The van der Waals surface area contributed by atoms with Crippen molar-refractivity contribution in [1.82, 2.24) is 14.5 Å². The van der Waals surface area contributed by atoms with Crippen molar-refractivity contribution < 1.29 is 0 Å². The normalized spacial score (nSPS) is 13.0. The number of hydrogen-bond acceptors (Lipinski definition) is 4. The highest BCUT2D eigenvalue weighted by molar-refractivity contribution is 7.11. The standard InChI is InChI=1S/C12H18N4S/c1-8(2)16-6-5-13-12(16)15-10(4)11-14-7-9(3)17-11/h5-8,10H,1-4H3,(H,13,15). The Labute approximate surface area is 106 Å². The van der Waals surface area contributed by atoms with Gasteiger partial charge in [-0.2, -0.15) is 0 Å². The third kappa shape index (κ3) is 2.66. The second kappa shape index (κ2) is 4.87. The van der Waals surface area contributed by atoms with E-state index < -0.39 is 0 Å². The Morgan fingerprint density at radius 3 is 2.65 bits per heavy atom. The Hall–Kier alpha value is -1.36. The molecule has 2 aromatic rings. The van der Waals surface area contributed by atoms with Crippen LogP contribution in [0.1, 0.15) is 42.7 Å². The Kier molecular flexibility index (Phi) is 3.47. The van der Waals surface area contributed by atoms with Crippen LogP contribution in [0, 0.1) is 6.92 Å². The number of aryl methyl sites for hydroxylation is 1. The quantitative estimate of drug-likeness (QED) is 0.904. The lowest BCUT2D eigenvalue weighted by molar-refractivity contribution is 0.600. The smallest absolute Gasteiger partial charge is 0.203 e. The van der Waals surface area contributed by atoms with Gasteiger partial charge in [-0.3, -0.25) is 0 Å². The Balaban J connectivity index is 2.13. The van der Waals surface area contributed by atoms with Crippen molar-refractivity contribution in [2.45, 2.75) is 39.8 Å². The molecule has 4 nitrogen and oxygen atoms in total. The molecule has 5 heteroatoms. The van der Waals surface area contributed by atoms with Crippen LogP contribution in [0.5, 0.6) is 0 Å². The second-order valence-electron chi connectivity index (χ2n) is 4.43. The van der Waals surface area contributed by atoms with Crippen molar-refractivity contribution in [2.24, 2.45) is 0 Å². The number of imidazole rings is 1. The van der Waals surface area contributed by atoms with Crippen LogP contribution in [0.4, 0.5) is 5.95 Å². The van der Waals surface area contributed by atoms with E-state index in [4.69, 9.17) is 0 Å². The van der Waals surface area contributed by atoms with E-state index in [0.717, 1.165) is 11.0 Å². The molecule has 0 spiro atoms. The summed E-state index contributed by atoms with van der Waals surface area (Å²) in [6.07, 6.45) is 5.72. The first kappa shape index (κ1) is 12.1. The van der Waals surface area contributed by atoms with Gasteiger partial charge in [-0.1, -0.05) is 0 Å². The van der Waals surface area contributed by atoms with Gasteiger partial charge in [-0.25, -0.2) is 9.97 Å². The molecule has 0 saturated carbocycles. The highest BCUT2D eigenvalue weighted by Gasteiger charge is 2.13. The molecule has 0 fully saturated rings. The zero-order chi connectivity index (χ0) is 12.4. The summed E-state index contributed by atoms with van der Waals surface area (Å²) in [6.45, 7) is 8.47. The molecule has 0 aliphatic rings. The summed E-state index contributed by atoms with van der Waals surface area (Å²) in [6, 6.07) is 0.596. The number of rotatable bonds is 4. The molecule has 0 saturated heterocycles. The van der Waals surface area contributed by atoms with Gasteiger partial charge in [0.05, 0.1) is 6.04 Å². The molecule has 2 rings (SSSR count). The first-order valence-electron chi connectivity index (χ1n) is 5.79. The minimum atomic E-state index is 0.189. The monoisotopic (exact) mass is 250 g/mol. The highest BCUT2D eigenvalue weighted by atomic mass is 32.1. The van der Waals surface area contributed by atoms with Gasteiger partial charge in [0.2, 0.25) is 5.95 Å². The number of thiazole rings is 1. The molecular formula is C12H18N4S. The molecule has 2 heterocycles. The second-order valence-corrected chi connectivity index (χ2v) is 5.69. The van der Waals surface area contributed by atoms with E-state index in [1.54, 1.807) is 11.3 Å². The third-order valence-electron chi connectivity index (χ3n) is 2.58. The first-order chi connectivity index (χ1) is 8.08. The van der Waals surface area contributed by atoms with Crippen LogP contribution in [-0.2, 0) is 0 Å². The summed E-state index contributed by atoms with van der Waals surface area (Å²) in [5, 5.41) is 4.50. The maximum Gasteiger partial charge on any atom is 0.203 e. The molecule has 0 aliphatic heterocycles. The summed E-state index contributed by atoms with van der Waals surface area (Å²) < 4.78 is 2.12. The fraction of sp³-hybridized carbons (Fsp3) is 0.500. The Morgan fingerprint density at radius 1 is 1.29 bits per heavy atom. The van der Waals surface area contributed by atoms with Crippen LogP contribution in [-0.4, -0.2) is 14.5 Å². The van der Waals surface area contributed by atoms with Gasteiger partial charge in [0.15, 0.2) is 0 Å². The van der Waals surface area contributed by atoms with Crippen molar-refractivity contribution >= 4 is 17.3 Å². The van der Waals surface area contributed by atoms with E-state index in [1.807, 2.05) is 18.6 Å². The maximum atomic E-state index is 4.39. The zero-order valence-corrected chi connectivity index (χ0v) is 11.5. The molecule has 2 aromatic heterocycles. The number of nitrogens with zero attached hydrogens (tertiary/aromatic N) is 3. The first-order valence-corrected chi connectivity index (χ1v) is 6.61. The van der Waals surface area contributed by atoms with Crippen LogP contribution in [0.3, 0.4) is 0 Å².